The van der Waals surface area contributed by atoms with Crippen LogP contribution in [0.15, 0.2) is 60.7 Å². The highest BCUT2D eigenvalue weighted by molar-refractivity contribution is 6.00. The maximum atomic E-state index is 12.5. The van der Waals surface area contributed by atoms with Crippen LogP contribution in [0, 0.1) is 0 Å². The molecule has 0 heterocycles. The van der Waals surface area contributed by atoms with Crippen molar-refractivity contribution in [3.05, 3.63) is 71.8 Å². The molecule has 5 nitrogen and oxygen atoms in total. The summed E-state index contributed by atoms with van der Waals surface area (Å²) in [5.74, 6) is -4.04. The minimum absolute atomic E-state index is 0.197. The number of carbonyl (C=O) groups is 3. The van der Waals surface area contributed by atoms with E-state index in [4.69, 9.17) is 4.74 Å². The number of amides is 1. The predicted molar refractivity (Wildman–Crippen MR) is 89.6 cm³/mol. The summed E-state index contributed by atoms with van der Waals surface area (Å²) >= 11 is 0. The molecule has 0 aliphatic carbocycles. The molecule has 0 aliphatic heterocycles. The summed E-state index contributed by atoms with van der Waals surface area (Å²) in [7, 11) is 0. The highest BCUT2D eigenvalue weighted by Gasteiger charge is 2.41. The Balaban J connectivity index is 2.09. The van der Waals surface area contributed by atoms with Crippen LogP contribution in [0.4, 0.5) is 13.2 Å². The van der Waals surface area contributed by atoms with Gasteiger partial charge in [0.15, 0.2) is 5.78 Å². The van der Waals surface area contributed by atoms with Crippen LogP contribution in [0.5, 0.6) is 0 Å². The van der Waals surface area contributed by atoms with Crippen molar-refractivity contribution in [2.45, 2.75) is 25.2 Å². The van der Waals surface area contributed by atoms with Crippen LogP contribution in [-0.2, 0) is 20.9 Å². The molecule has 1 atom stereocenters. The van der Waals surface area contributed by atoms with Crippen molar-refractivity contribution in [2.24, 2.45) is 0 Å². The predicted octanol–water partition coefficient (Wildman–Crippen LogP) is 3.05. The SMILES string of the molecule is O=C(C[C@H](NC(=O)C(F)(F)F)C(=O)OCc1ccccc1)c1ccccc1. The topological polar surface area (TPSA) is 72.5 Å². The molecule has 0 fully saturated rings. The molecule has 2 aromatic rings. The molecule has 0 saturated heterocycles. The van der Waals surface area contributed by atoms with Gasteiger partial charge in [-0.3, -0.25) is 9.59 Å². The Hall–Kier alpha value is -3.16. The quantitative estimate of drug-likeness (QED) is 0.593. The van der Waals surface area contributed by atoms with Crippen molar-refractivity contribution < 1.29 is 32.3 Å². The summed E-state index contributed by atoms with van der Waals surface area (Å²) in [5, 5.41) is 1.53. The molecule has 2 rings (SSSR count). The van der Waals surface area contributed by atoms with E-state index in [1.165, 1.54) is 17.4 Å². The van der Waals surface area contributed by atoms with Crippen LogP contribution in [0.1, 0.15) is 22.3 Å². The van der Waals surface area contributed by atoms with Crippen LogP contribution < -0.4 is 5.32 Å². The van der Waals surface area contributed by atoms with Crippen molar-refractivity contribution in [3.63, 3.8) is 0 Å². The van der Waals surface area contributed by atoms with Crippen molar-refractivity contribution in [3.8, 4) is 0 Å². The molecule has 0 radical (unpaired) electrons. The van der Waals surface area contributed by atoms with Gasteiger partial charge in [0.1, 0.15) is 12.6 Å². The highest BCUT2D eigenvalue weighted by Crippen LogP contribution is 2.16. The lowest BCUT2D eigenvalue weighted by molar-refractivity contribution is -0.176. The zero-order valence-electron chi connectivity index (χ0n) is 14.0. The first-order valence-corrected chi connectivity index (χ1v) is 7.94. The standard InChI is InChI=1S/C19H16F3NO4/c20-19(21,22)18(26)23-15(11-16(24)14-9-5-2-6-10-14)17(25)27-12-13-7-3-1-4-8-13/h1-10,15H,11-12H2,(H,23,26)/t15-/m0/s1. The van der Waals surface area contributed by atoms with Gasteiger partial charge >= 0.3 is 18.1 Å². The van der Waals surface area contributed by atoms with Gasteiger partial charge in [-0.05, 0) is 5.56 Å². The minimum atomic E-state index is -5.19. The fourth-order valence-electron chi connectivity index (χ4n) is 2.19. The van der Waals surface area contributed by atoms with Gasteiger partial charge in [-0.2, -0.15) is 13.2 Å². The second kappa shape index (κ2) is 8.98. The number of rotatable bonds is 7. The summed E-state index contributed by atoms with van der Waals surface area (Å²) in [5.41, 5.74) is 0.820. The van der Waals surface area contributed by atoms with Crippen molar-refractivity contribution in [1.29, 1.82) is 0 Å². The molecule has 0 saturated carbocycles. The highest BCUT2D eigenvalue weighted by atomic mass is 19.4. The van der Waals surface area contributed by atoms with Crippen LogP contribution >= 0.6 is 0 Å². The Labute approximate surface area is 153 Å². The third kappa shape index (κ3) is 6.25. The lowest BCUT2D eigenvalue weighted by atomic mass is 10.0. The van der Waals surface area contributed by atoms with Gasteiger partial charge in [-0.15, -0.1) is 0 Å². The molecule has 27 heavy (non-hydrogen) atoms. The molecule has 0 unspecified atom stereocenters. The molecule has 0 aromatic heterocycles. The second-order valence-electron chi connectivity index (χ2n) is 5.61. The Morgan fingerprint density at radius 2 is 1.48 bits per heavy atom. The number of nitrogens with one attached hydrogen (secondary N) is 1. The number of ketones is 1. The normalized spacial score (nSPS) is 12.1. The first-order chi connectivity index (χ1) is 12.8. The lowest BCUT2D eigenvalue weighted by Crippen LogP contribution is -2.48. The summed E-state index contributed by atoms with van der Waals surface area (Å²) in [6, 6.07) is 14.4. The molecule has 0 aliphatic rings. The Kier molecular flexibility index (Phi) is 6.70. The van der Waals surface area contributed by atoms with Crippen molar-refractivity contribution >= 4 is 17.7 Å². The number of benzene rings is 2. The number of ether oxygens (including phenoxy) is 1. The molecule has 1 N–H and O–H groups in total. The van der Waals surface area contributed by atoms with E-state index in [0.29, 0.717) is 5.56 Å². The van der Waals surface area contributed by atoms with Crippen LogP contribution in [-0.4, -0.2) is 29.9 Å². The molecule has 0 spiro atoms. The third-order valence-electron chi connectivity index (χ3n) is 3.56. The molecule has 8 heteroatoms. The van der Waals surface area contributed by atoms with E-state index in [-0.39, 0.29) is 12.2 Å². The van der Waals surface area contributed by atoms with Gasteiger partial charge in [-0.25, -0.2) is 4.79 Å². The number of alkyl halides is 3. The zero-order chi connectivity index (χ0) is 19.9. The number of esters is 1. The van der Waals surface area contributed by atoms with E-state index >= 15 is 0 Å². The number of carbonyl (C=O) groups excluding carboxylic acids is 3. The number of hydrogen-bond acceptors (Lipinski definition) is 4. The number of Topliss-reactive ketones (excluding diaryl/α,β-unsaturated/α-hetero) is 1. The molecular formula is C19H16F3NO4. The smallest absolute Gasteiger partial charge is 0.459 e. The molecular weight excluding hydrogens is 363 g/mol. The van der Waals surface area contributed by atoms with Crippen molar-refractivity contribution in [1.82, 2.24) is 5.32 Å². The minimum Gasteiger partial charge on any atom is -0.459 e. The maximum absolute atomic E-state index is 12.5. The van der Waals surface area contributed by atoms with E-state index in [0.717, 1.165) is 0 Å². The third-order valence-corrected chi connectivity index (χ3v) is 3.56. The van der Waals surface area contributed by atoms with Gasteiger partial charge in [0.25, 0.3) is 0 Å². The van der Waals surface area contributed by atoms with Gasteiger partial charge in [0, 0.05) is 12.0 Å². The van der Waals surface area contributed by atoms with Gasteiger partial charge in [-0.1, -0.05) is 60.7 Å². The fraction of sp³-hybridized carbons (Fsp3) is 0.211. The summed E-state index contributed by atoms with van der Waals surface area (Å²) in [4.78, 5) is 35.6. The monoisotopic (exact) mass is 379 g/mol. The second-order valence-corrected chi connectivity index (χ2v) is 5.61. The average Bonchev–Trinajstić information content (AvgIpc) is 2.66. The van der Waals surface area contributed by atoms with Crippen LogP contribution in [0.2, 0.25) is 0 Å². The van der Waals surface area contributed by atoms with E-state index in [9.17, 15) is 27.6 Å². The number of halogens is 3. The largest absolute Gasteiger partial charge is 0.471 e. The Morgan fingerprint density at radius 3 is 2.04 bits per heavy atom. The van der Waals surface area contributed by atoms with Crippen molar-refractivity contribution in [2.75, 3.05) is 0 Å². The maximum Gasteiger partial charge on any atom is 0.471 e. The Bertz CT molecular complexity index is 792. The molecule has 2 aromatic carbocycles. The summed E-state index contributed by atoms with van der Waals surface area (Å²) in [6.45, 7) is -0.197. The summed E-state index contributed by atoms with van der Waals surface area (Å²) in [6.07, 6.45) is -5.84. The van der Waals surface area contributed by atoms with Gasteiger partial charge in [0.2, 0.25) is 0 Å². The van der Waals surface area contributed by atoms with E-state index in [1.54, 1.807) is 48.5 Å². The fourth-order valence-corrected chi connectivity index (χ4v) is 2.19. The molecule has 1 amide bonds. The Morgan fingerprint density at radius 1 is 0.926 bits per heavy atom. The first-order valence-electron chi connectivity index (χ1n) is 7.94. The van der Waals surface area contributed by atoms with Crippen LogP contribution in [0.25, 0.3) is 0 Å². The lowest BCUT2D eigenvalue weighted by Gasteiger charge is -2.18. The van der Waals surface area contributed by atoms with Gasteiger partial charge < -0.3 is 10.1 Å². The zero-order valence-corrected chi connectivity index (χ0v) is 14.0. The van der Waals surface area contributed by atoms with Crippen LogP contribution in [0.3, 0.4) is 0 Å². The molecule has 142 valence electrons. The van der Waals surface area contributed by atoms with Gasteiger partial charge in [0.05, 0.1) is 0 Å². The number of hydrogen-bond donors (Lipinski definition) is 1. The summed E-state index contributed by atoms with van der Waals surface area (Å²) < 4.78 is 42.6. The average molecular weight is 379 g/mol. The van der Waals surface area contributed by atoms with E-state index < -0.39 is 36.3 Å². The van der Waals surface area contributed by atoms with E-state index in [1.807, 2.05) is 0 Å². The molecule has 0 bridgehead atoms. The van der Waals surface area contributed by atoms with E-state index in [2.05, 4.69) is 0 Å². The first kappa shape index (κ1) is 20.2.